The van der Waals surface area contributed by atoms with E-state index >= 15 is 0 Å². The number of ether oxygens (including phenoxy) is 1. The van der Waals surface area contributed by atoms with E-state index in [1.807, 2.05) is 38.1 Å². The molecule has 0 aliphatic rings. The molecule has 1 aromatic heterocycles. The maximum absolute atomic E-state index is 12.2. The van der Waals surface area contributed by atoms with Gasteiger partial charge in [-0.1, -0.05) is 39.8 Å². The molecule has 0 radical (unpaired) electrons. The molecule has 1 heterocycles. The number of nitrogens with one attached hydrogen (secondary N) is 2. The third-order valence-corrected chi connectivity index (χ3v) is 3.59. The summed E-state index contributed by atoms with van der Waals surface area (Å²) in [6.07, 6.45) is 0.815. The largest absolute Gasteiger partial charge is 0.496 e. The van der Waals surface area contributed by atoms with Crippen molar-refractivity contribution in [2.24, 2.45) is 11.8 Å². The summed E-state index contributed by atoms with van der Waals surface area (Å²) in [6.45, 7) is 8.02. The Morgan fingerprint density at radius 2 is 1.96 bits per heavy atom. The number of anilines is 1. The Bertz CT molecular complexity index is 675. The van der Waals surface area contributed by atoms with Crippen molar-refractivity contribution in [1.82, 2.24) is 10.2 Å². The molecule has 0 atom stereocenters. The van der Waals surface area contributed by atoms with Crippen LogP contribution in [-0.4, -0.2) is 23.2 Å². The van der Waals surface area contributed by atoms with Gasteiger partial charge >= 0.3 is 0 Å². The first-order chi connectivity index (χ1) is 10.9. The van der Waals surface area contributed by atoms with Crippen LogP contribution in [0.5, 0.6) is 5.75 Å². The lowest BCUT2D eigenvalue weighted by Gasteiger charge is -2.13. The van der Waals surface area contributed by atoms with E-state index < -0.39 is 0 Å². The van der Waals surface area contributed by atoms with Crippen LogP contribution < -0.4 is 10.1 Å². The lowest BCUT2D eigenvalue weighted by Crippen LogP contribution is -2.19. The number of methoxy groups -OCH3 is 1. The van der Waals surface area contributed by atoms with Crippen LogP contribution in [0.25, 0.3) is 11.3 Å². The van der Waals surface area contributed by atoms with Gasteiger partial charge in [0.2, 0.25) is 5.91 Å². The first-order valence-corrected chi connectivity index (χ1v) is 7.95. The minimum atomic E-state index is -0.0951. The Kier molecular flexibility index (Phi) is 5.42. The Labute approximate surface area is 137 Å². The first-order valence-electron chi connectivity index (χ1n) is 7.95. The predicted molar refractivity (Wildman–Crippen MR) is 92.6 cm³/mol. The molecule has 0 bridgehead atoms. The summed E-state index contributed by atoms with van der Waals surface area (Å²) in [4.78, 5) is 12.2. The average Bonchev–Trinajstić information content (AvgIpc) is 2.89. The molecule has 5 nitrogen and oxygen atoms in total. The van der Waals surface area contributed by atoms with Crippen molar-refractivity contribution in [2.45, 2.75) is 34.1 Å². The van der Waals surface area contributed by atoms with Crippen molar-refractivity contribution in [3.63, 3.8) is 0 Å². The third-order valence-electron chi connectivity index (χ3n) is 3.59. The molecule has 1 aromatic carbocycles. The fraction of sp³-hybridized carbons (Fsp3) is 0.444. The van der Waals surface area contributed by atoms with Gasteiger partial charge in [-0.25, -0.2) is 0 Å². The molecule has 0 saturated heterocycles. The van der Waals surface area contributed by atoms with Crippen molar-refractivity contribution in [3.05, 3.63) is 30.0 Å². The first kappa shape index (κ1) is 17.1. The number of para-hydroxylation sites is 1. The van der Waals surface area contributed by atoms with Gasteiger partial charge in [-0.3, -0.25) is 9.89 Å². The van der Waals surface area contributed by atoms with Gasteiger partial charge in [0.25, 0.3) is 0 Å². The molecule has 124 valence electrons. The van der Waals surface area contributed by atoms with Gasteiger partial charge < -0.3 is 10.1 Å². The number of benzene rings is 1. The van der Waals surface area contributed by atoms with Gasteiger partial charge in [0.15, 0.2) is 0 Å². The Morgan fingerprint density at radius 3 is 2.57 bits per heavy atom. The van der Waals surface area contributed by atoms with E-state index in [0.717, 1.165) is 29.1 Å². The molecule has 2 N–H and O–H groups in total. The maximum Gasteiger partial charge on any atom is 0.227 e. The van der Waals surface area contributed by atoms with Crippen LogP contribution in [0.1, 0.15) is 33.4 Å². The van der Waals surface area contributed by atoms with E-state index in [1.165, 1.54) is 0 Å². The average molecular weight is 315 g/mol. The summed E-state index contributed by atoms with van der Waals surface area (Å²) in [7, 11) is 1.63. The summed E-state index contributed by atoms with van der Waals surface area (Å²) in [6, 6.07) is 7.68. The lowest BCUT2D eigenvalue weighted by atomic mass is 10.0. The summed E-state index contributed by atoms with van der Waals surface area (Å²) in [5.74, 6) is 1.07. The zero-order valence-corrected chi connectivity index (χ0v) is 14.4. The molecule has 0 saturated carbocycles. The number of carbonyl (C=O) groups excluding carboxylic acids is 1. The topological polar surface area (TPSA) is 67.0 Å². The van der Waals surface area contributed by atoms with Crippen LogP contribution in [0.4, 0.5) is 5.69 Å². The third kappa shape index (κ3) is 3.92. The fourth-order valence-corrected chi connectivity index (χ4v) is 2.37. The number of hydrogen-bond acceptors (Lipinski definition) is 3. The van der Waals surface area contributed by atoms with Crippen LogP contribution in [-0.2, 0) is 11.2 Å². The number of aromatic nitrogens is 2. The number of amides is 1. The highest BCUT2D eigenvalue weighted by Crippen LogP contribution is 2.35. The second kappa shape index (κ2) is 7.31. The highest BCUT2D eigenvalue weighted by molar-refractivity contribution is 5.97. The summed E-state index contributed by atoms with van der Waals surface area (Å²) >= 11 is 0. The molecule has 0 fully saturated rings. The normalized spacial score (nSPS) is 11.1. The maximum atomic E-state index is 12.2. The summed E-state index contributed by atoms with van der Waals surface area (Å²) in [5, 5.41) is 10.5. The van der Waals surface area contributed by atoms with Crippen LogP contribution in [0.3, 0.4) is 0 Å². The number of rotatable bonds is 6. The van der Waals surface area contributed by atoms with Gasteiger partial charge in [0.1, 0.15) is 11.4 Å². The lowest BCUT2D eigenvalue weighted by molar-refractivity contribution is -0.118. The standard InChI is InChI=1S/C18H25N3O2/c1-11(2)10-14-17(19-18(22)12(3)4)16(21-20-14)13-8-6-7-9-15(13)23-5/h6-9,11-12H,10H2,1-5H3,(H,19,22)(H,20,21). The quantitative estimate of drug-likeness (QED) is 0.850. The van der Waals surface area contributed by atoms with Crippen LogP contribution in [0.15, 0.2) is 24.3 Å². The van der Waals surface area contributed by atoms with E-state index in [0.29, 0.717) is 11.6 Å². The smallest absolute Gasteiger partial charge is 0.227 e. The van der Waals surface area contributed by atoms with Gasteiger partial charge in [0, 0.05) is 11.5 Å². The number of H-pyrrole nitrogens is 1. The molecule has 0 unspecified atom stereocenters. The Morgan fingerprint density at radius 1 is 1.26 bits per heavy atom. The van der Waals surface area contributed by atoms with Crippen LogP contribution >= 0.6 is 0 Å². The van der Waals surface area contributed by atoms with Crippen molar-refractivity contribution >= 4 is 11.6 Å². The highest BCUT2D eigenvalue weighted by Gasteiger charge is 2.21. The van der Waals surface area contributed by atoms with Crippen molar-refractivity contribution in [3.8, 4) is 17.0 Å². The van der Waals surface area contributed by atoms with Gasteiger partial charge in [-0.05, 0) is 24.5 Å². The van der Waals surface area contributed by atoms with Gasteiger partial charge in [-0.15, -0.1) is 0 Å². The second-order valence-electron chi connectivity index (χ2n) is 6.37. The number of nitrogens with zero attached hydrogens (tertiary/aromatic N) is 1. The monoisotopic (exact) mass is 315 g/mol. The SMILES string of the molecule is COc1ccccc1-c1n[nH]c(CC(C)C)c1NC(=O)C(C)C. The van der Waals surface area contributed by atoms with E-state index in [4.69, 9.17) is 4.74 Å². The zero-order chi connectivity index (χ0) is 17.0. The minimum Gasteiger partial charge on any atom is -0.496 e. The van der Waals surface area contributed by atoms with E-state index in [-0.39, 0.29) is 11.8 Å². The van der Waals surface area contributed by atoms with Gasteiger partial charge in [-0.2, -0.15) is 5.10 Å². The zero-order valence-electron chi connectivity index (χ0n) is 14.4. The second-order valence-corrected chi connectivity index (χ2v) is 6.37. The van der Waals surface area contributed by atoms with Crippen molar-refractivity contribution in [2.75, 3.05) is 12.4 Å². The highest BCUT2D eigenvalue weighted by atomic mass is 16.5. The number of carbonyl (C=O) groups is 1. The Balaban J connectivity index is 2.50. The van der Waals surface area contributed by atoms with E-state index in [1.54, 1.807) is 7.11 Å². The molecule has 0 aliphatic heterocycles. The van der Waals surface area contributed by atoms with E-state index in [9.17, 15) is 4.79 Å². The predicted octanol–water partition coefficient (Wildman–Crippen LogP) is 3.88. The minimum absolute atomic E-state index is 0.0208. The molecular formula is C18H25N3O2. The number of hydrogen-bond donors (Lipinski definition) is 2. The molecule has 2 rings (SSSR count). The molecule has 5 heteroatoms. The van der Waals surface area contributed by atoms with E-state index in [2.05, 4.69) is 29.4 Å². The molecule has 1 amide bonds. The molecule has 23 heavy (non-hydrogen) atoms. The van der Waals surface area contributed by atoms with Crippen molar-refractivity contribution < 1.29 is 9.53 Å². The summed E-state index contributed by atoms with van der Waals surface area (Å²) in [5.41, 5.74) is 3.27. The van der Waals surface area contributed by atoms with Crippen LogP contribution in [0.2, 0.25) is 0 Å². The molecule has 0 spiro atoms. The van der Waals surface area contributed by atoms with Crippen molar-refractivity contribution in [1.29, 1.82) is 0 Å². The number of aromatic amines is 1. The molecular weight excluding hydrogens is 290 g/mol. The van der Waals surface area contributed by atoms with Gasteiger partial charge in [0.05, 0.1) is 18.5 Å². The molecule has 0 aliphatic carbocycles. The fourth-order valence-electron chi connectivity index (χ4n) is 2.37. The molecule has 2 aromatic rings. The summed E-state index contributed by atoms with van der Waals surface area (Å²) < 4.78 is 5.43. The van der Waals surface area contributed by atoms with Crippen LogP contribution in [0, 0.1) is 11.8 Å². The Hall–Kier alpha value is -2.30.